The lowest BCUT2D eigenvalue weighted by molar-refractivity contribution is 0.248. The van der Waals surface area contributed by atoms with Gasteiger partial charge < -0.3 is 10.2 Å². The summed E-state index contributed by atoms with van der Waals surface area (Å²) in [5.41, 5.74) is 2.50. The second kappa shape index (κ2) is 8.60. The molecule has 0 spiro atoms. The molecule has 27 heavy (non-hydrogen) atoms. The Morgan fingerprint density at radius 1 is 0.852 bits per heavy atom. The third-order valence-corrected chi connectivity index (χ3v) is 4.74. The minimum atomic E-state index is 0.704. The van der Waals surface area contributed by atoms with Gasteiger partial charge in [-0.1, -0.05) is 36.4 Å². The third-order valence-electron chi connectivity index (χ3n) is 4.74. The highest BCUT2D eigenvalue weighted by molar-refractivity contribution is 5.42. The number of hydrogen-bond donors (Lipinski definition) is 1. The minimum Gasteiger partial charge on any atom is -0.366 e. The van der Waals surface area contributed by atoms with E-state index in [4.69, 9.17) is 0 Å². The van der Waals surface area contributed by atoms with Gasteiger partial charge in [0.05, 0.1) is 0 Å². The Kier molecular flexibility index (Phi) is 5.55. The first-order valence-corrected chi connectivity index (χ1v) is 9.34. The number of pyridine rings is 1. The fourth-order valence-electron chi connectivity index (χ4n) is 3.24. The molecule has 1 aliphatic heterocycles. The van der Waals surface area contributed by atoms with Gasteiger partial charge in [-0.05, 0) is 23.3 Å². The predicted octanol–water partition coefficient (Wildman–Crippen LogP) is 2.81. The van der Waals surface area contributed by atoms with Crippen LogP contribution in [0.25, 0.3) is 0 Å². The summed E-state index contributed by atoms with van der Waals surface area (Å²) in [5.74, 6) is 1.64. The number of nitrogens with one attached hydrogen (secondary N) is 1. The molecule has 1 saturated heterocycles. The molecule has 0 aliphatic carbocycles. The Balaban J connectivity index is 1.32. The van der Waals surface area contributed by atoms with Crippen molar-refractivity contribution in [3.8, 4) is 0 Å². The van der Waals surface area contributed by atoms with Gasteiger partial charge in [0.2, 0.25) is 5.95 Å². The smallest absolute Gasteiger partial charge is 0.227 e. The van der Waals surface area contributed by atoms with Gasteiger partial charge in [0.15, 0.2) is 0 Å². The Morgan fingerprint density at radius 2 is 1.67 bits per heavy atom. The molecule has 3 heterocycles. The van der Waals surface area contributed by atoms with Crippen molar-refractivity contribution in [2.75, 3.05) is 36.4 Å². The van der Waals surface area contributed by atoms with E-state index in [2.05, 4.69) is 60.4 Å². The van der Waals surface area contributed by atoms with Crippen LogP contribution in [0, 0.1) is 0 Å². The number of aromatic nitrogens is 3. The van der Waals surface area contributed by atoms with Crippen LogP contribution in [-0.4, -0.2) is 46.0 Å². The molecule has 1 aliphatic rings. The maximum Gasteiger partial charge on any atom is 0.227 e. The fraction of sp³-hybridized carbons (Fsp3) is 0.286. The van der Waals surface area contributed by atoms with Gasteiger partial charge in [0, 0.05) is 57.9 Å². The van der Waals surface area contributed by atoms with E-state index in [0.717, 1.165) is 50.1 Å². The van der Waals surface area contributed by atoms with E-state index in [1.54, 1.807) is 6.20 Å². The Hall–Kier alpha value is -2.99. The van der Waals surface area contributed by atoms with Crippen LogP contribution in [0.1, 0.15) is 11.1 Å². The van der Waals surface area contributed by atoms with E-state index < -0.39 is 0 Å². The van der Waals surface area contributed by atoms with Crippen molar-refractivity contribution in [3.63, 3.8) is 0 Å². The molecular weight excluding hydrogens is 336 g/mol. The zero-order valence-electron chi connectivity index (χ0n) is 15.3. The number of rotatable bonds is 6. The summed E-state index contributed by atoms with van der Waals surface area (Å²) in [7, 11) is 0. The third kappa shape index (κ3) is 4.80. The van der Waals surface area contributed by atoms with Gasteiger partial charge in [-0.15, -0.1) is 0 Å². The van der Waals surface area contributed by atoms with Gasteiger partial charge in [-0.3, -0.25) is 9.88 Å². The van der Waals surface area contributed by atoms with Gasteiger partial charge >= 0.3 is 0 Å². The summed E-state index contributed by atoms with van der Waals surface area (Å²) in [5, 5.41) is 3.35. The van der Waals surface area contributed by atoms with Gasteiger partial charge in [0.25, 0.3) is 0 Å². The van der Waals surface area contributed by atoms with Crippen LogP contribution in [0.15, 0.2) is 67.1 Å². The van der Waals surface area contributed by atoms with Crippen molar-refractivity contribution in [3.05, 3.63) is 78.2 Å². The first-order valence-electron chi connectivity index (χ1n) is 9.34. The van der Waals surface area contributed by atoms with E-state index in [0.29, 0.717) is 6.54 Å². The van der Waals surface area contributed by atoms with Crippen LogP contribution in [0.2, 0.25) is 0 Å². The predicted molar refractivity (Wildman–Crippen MR) is 108 cm³/mol. The highest BCUT2D eigenvalue weighted by Crippen LogP contribution is 2.15. The maximum atomic E-state index is 4.69. The molecule has 1 aromatic carbocycles. The summed E-state index contributed by atoms with van der Waals surface area (Å²) in [4.78, 5) is 18.0. The summed E-state index contributed by atoms with van der Waals surface area (Å²) >= 11 is 0. The maximum absolute atomic E-state index is 4.69. The normalized spacial score (nSPS) is 14.9. The van der Waals surface area contributed by atoms with E-state index in [-0.39, 0.29) is 0 Å². The van der Waals surface area contributed by atoms with Crippen LogP contribution in [0.3, 0.4) is 0 Å². The van der Waals surface area contributed by atoms with Crippen molar-refractivity contribution >= 4 is 11.8 Å². The summed E-state index contributed by atoms with van der Waals surface area (Å²) < 4.78 is 0. The molecule has 0 bridgehead atoms. The Bertz CT molecular complexity index is 832. The van der Waals surface area contributed by atoms with Crippen molar-refractivity contribution in [1.29, 1.82) is 0 Å². The van der Waals surface area contributed by atoms with Gasteiger partial charge in [-0.25, -0.2) is 4.98 Å². The Morgan fingerprint density at radius 3 is 2.44 bits per heavy atom. The summed E-state index contributed by atoms with van der Waals surface area (Å²) in [6.45, 7) is 5.63. The van der Waals surface area contributed by atoms with Crippen LogP contribution < -0.4 is 10.2 Å². The molecule has 4 rings (SSSR count). The second-order valence-electron chi connectivity index (χ2n) is 6.71. The van der Waals surface area contributed by atoms with Crippen molar-refractivity contribution < 1.29 is 0 Å². The summed E-state index contributed by atoms with van der Waals surface area (Å²) in [6, 6.07) is 16.5. The molecule has 6 nitrogen and oxygen atoms in total. The van der Waals surface area contributed by atoms with Gasteiger partial charge in [0.1, 0.15) is 5.82 Å². The van der Waals surface area contributed by atoms with Crippen LogP contribution >= 0.6 is 0 Å². The molecule has 3 aromatic rings. The quantitative estimate of drug-likeness (QED) is 0.729. The fourth-order valence-corrected chi connectivity index (χ4v) is 3.24. The van der Waals surface area contributed by atoms with Gasteiger partial charge in [-0.2, -0.15) is 4.98 Å². The lowest BCUT2D eigenvalue weighted by atomic mass is 10.2. The monoisotopic (exact) mass is 360 g/mol. The van der Waals surface area contributed by atoms with Crippen LogP contribution in [0.5, 0.6) is 0 Å². The van der Waals surface area contributed by atoms with E-state index in [1.807, 2.05) is 30.6 Å². The molecule has 1 N–H and O–H groups in total. The zero-order valence-corrected chi connectivity index (χ0v) is 15.3. The highest BCUT2D eigenvalue weighted by atomic mass is 15.3. The standard InChI is InChI=1S/C21H24N6/c1-2-5-18(6-3-1)17-26-11-13-27(14-12-26)21-23-10-8-20(25-21)24-16-19-7-4-9-22-15-19/h1-10,15H,11-14,16-17H2,(H,23,24,25). The van der Waals surface area contributed by atoms with Crippen molar-refractivity contribution in [1.82, 2.24) is 19.9 Å². The van der Waals surface area contributed by atoms with Crippen molar-refractivity contribution in [2.45, 2.75) is 13.1 Å². The molecule has 0 unspecified atom stereocenters. The highest BCUT2D eigenvalue weighted by Gasteiger charge is 2.19. The molecule has 6 heteroatoms. The SMILES string of the molecule is c1ccc(CN2CCN(c3nccc(NCc4cccnc4)n3)CC2)cc1. The minimum absolute atomic E-state index is 0.704. The largest absolute Gasteiger partial charge is 0.366 e. The Labute approximate surface area is 159 Å². The van der Waals surface area contributed by atoms with Crippen LogP contribution in [0.4, 0.5) is 11.8 Å². The number of anilines is 2. The van der Waals surface area contributed by atoms with Crippen LogP contribution in [-0.2, 0) is 13.1 Å². The molecule has 138 valence electrons. The molecule has 2 aromatic heterocycles. The van der Waals surface area contributed by atoms with E-state index >= 15 is 0 Å². The topological polar surface area (TPSA) is 57.2 Å². The number of piperazine rings is 1. The molecular formula is C21H24N6. The number of benzene rings is 1. The molecule has 1 fully saturated rings. The summed E-state index contributed by atoms with van der Waals surface area (Å²) in [6.07, 6.45) is 5.47. The zero-order chi connectivity index (χ0) is 18.3. The van der Waals surface area contributed by atoms with Crippen molar-refractivity contribution in [2.24, 2.45) is 0 Å². The first kappa shape index (κ1) is 17.4. The second-order valence-corrected chi connectivity index (χ2v) is 6.71. The number of hydrogen-bond acceptors (Lipinski definition) is 6. The molecule has 0 saturated carbocycles. The lowest BCUT2D eigenvalue weighted by Crippen LogP contribution is -2.46. The first-order chi connectivity index (χ1) is 13.4. The molecule has 0 atom stereocenters. The number of nitrogens with zero attached hydrogens (tertiary/aromatic N) is 5. The van der Waals surface area contributed by atoms with E-state index in [9.17, 15) is 0 Å². The molecule has 0 amide bonds. The average Bonchev–Trinajstić information content (AvgIpc) is 2.75. The molecule has 0 radical (unpaired) electrons. The van der Waals surface area contributed by atoms with E-state index in [1.165, 1.54) is 5.56 Å². The average molecular weight is 360 g/mol. The lowest BCUT2D eigenvalue weighted by Gasteiger charge is -2.34.